The highest BCUT2D eigenvalue weighted by molar-refractivity contribution is 7.88. The molecule has 1 fully saturated rings. The van der Waals surface area contributed by atoms with Crippen LogP contribution in [0, 0.1) is 0 Å². The number of carbonyl (C=O) groups excluding carboxylic acids is 1. The Hall–Kier alpha value is -2.14. The van der Waals surface area contributed by atoms with Gasteiger partial charge < -0.3 is 20.1 Å². The van der Waals surface area contributed by atoms with Gasteiger partial charge in [0.05, 0.1) is 5.69 Å². The molecule has 27 heavy (non-hydrogen) atoms. The molecule has 1 aliphatic rings. The summed E-state index contributed by atoms with van der Waals surface area (Å²) in [5.74, 6) is 0.485. The Kier molecular flexibility index (Phi) is 7.60. The molecule has 0 radical (unpaired) electrons. The minimum atomic E-state index is -3.43. The van der Waals surface area contributed by atoms with Crippen LogP contribution in [0.1, 0.15) is 26.0 Å². The standard InChI is InChI=1S/C16H28N6O4S/c1-13(2)19-15(23)4-6-18-16(17-3)21-7-9-22(10-8-21)27(24,25)12-14-5-11-26-20-14/h5,11,13H,4,6-10,12H2,1-3H3,(H,17,18)(H,19,23). The summed E-state index contributed by atoms with van der Waals surface area (Å²) < 4.78 is 31.1. The molecule has 1 saturated heterocycles. The number of rotatable bonds is 7. The van der Waals surface area contributed by atoms with Crippen LogP contribution < -0.4 is 10.6 Å². The van der Waals surface area contributed by atoms with E-state index in [9.17, 15) is 13.2 Å². The fourth-order valence-corrected chi connectivity index (χ4v) is 4.21. The molecule has 0 bridgehead atoms. The number of nitrogens with zero attached hydrogens (tertiary/aromatic N) is 4. The van der Waals surface area contributed by atoms with Crippen molar-refractivity contribution < 1.29 is 17.7 Å². The van der Waals surface area contributed by atoms with Gasteiger partial charge in [-0.3, -0.25) is 9.79 Å². The summed E-state index contributed by atoms with van der Waals surface area (Å²) in [5.41, 5.74) is 0.398. The fourth-order valence-electron chi connectivity index (χ4n) is 2.78. The number of aromatic nitrogens is 1. The van der Waals surface area contributed by atoms with E-state index in [-0.39, 0.29) is 17.7 Å². The van der Waals surface area contributed by atoms with Crippen molar-refractivity contribution in [1.29, 1.82) is 0 Å². The molecule has 152 valence electrons. The van der Waals surface area contributed by atoms with Gasteiger partial charge in [-0.15, -0.1) is 0 Å². The zero-order valence-corrected chi connectivity index (χ0v) is 16.8. The van der Waals surface area contributed by atoms with Gasteiger partial charge in [0.1, 0.15) is 12.0 Å². The lowest BCUT2D eigenvalue weighted by Gasteiger charge is -2.35. The molecule has 2 rings (SSSR count). The average molecular weight is 401 g/mol. The van der Waals surface area contributed by atoms with Crippen molar-refractivity contribution >= 4 is 21.9 Å². The van der Waals surface area contributed by atoms with E-state index in [2.05, 4.69) is 20.8 Å². The van der Waals surface area contributed by atoms with Crippen molar-refractivity contribution in [3.8, 4) is 0 Å². The minimum absolute atomic E-state index is 0.0169. The number of hydrogen-bond donors (Lipinski definition) is 2. The van der Waals surface area contributed by atoms with Gasteiger partial charge >= 0.3 is 0 Å². The lowest BCUT2D eigenvalue weighted by atomic mass is 10.3. The van der Waals surface area contributed by atoms with Crippen LogP contribution in [0.2, 0.25) is 0 Å². The smallest absolute Gasteiger partial charge is 0.221 e. The fraction of sp³-hybridized carbons (Fsp3) is 0.688. The molecule has 0 atom stereocenters. The molecule has 11 heteroatoms. The molecule has 0 unspecified atom stereocenters. The van der Waals surface area contributed by atoms with Crippen molar-refractivity contribution in [3.63, 3.8) is 0 Å². The topological polar surface area (TPSA) is 120 Å². The Balaban J connectivity index is 1.80. The summed E-state index contributed by atoms with van der Waals surface area (Å²) in [7, 11) is -1.76. The van der Waals surface area contributed by atoms with Crippen LogP contribution in [0.3, 0.4) is 0 Å². The number of piperazine rings is 1. The number of carbonyl (C=O) groups is 1. The van der Waals surface area contributed by atoms with E-state index < -0.39 is 10.0 Å². The molecule has 0 aromatic carbocycles. The first-order valence-corrected chi connectivity index (χ1v) is 10.5. The zero-order valence-electron chi connectivity index (χ0n) is 16.0. The summed E-state index contributed by atoms with van der Waals surface area (Å²) in [5, 5.41) is 9.66. The average Bonchev–Trinajstić information content (AvgIpc) is 3.10. The number of aliphatic imine (C=N–C) groups is 1. The lowest BCUT2D eigenvalue weighted by Crippen LogP contribution is -2.54. The molecule has 1 aliphatic heterocycles. The first kappa shape index (κ1) is 21.2. The van der Waals surface area contributed by atoms with E-state index in [1.54, 1.807) is 13.1 Å². The van der Waals surface area contributed by atoms with E-state index in [4.69, 9.17) is 4.52 Å². The number of nitrogens with one attached hydrogen (secondary N) is 2. The third kappa shape index (κ3) is 6.51. The number of hydrogen-bond acceptors (Lipinski definition) is 6. The predicted molar refractivity (Wildman–Crippen MR) is 102 cm³/mol. The van der Waals surface area contributed by atoms with Gasteiger partial charge in [0.2, 0.25) is 15.9 Å². The Morgan fingerprint density at radius 3 is 2.59 bits per heavy atom. The van der Waals surface area contributed by atoms with Crippen molar-refractivity contribution in [1.82, 2.24) is 25.0 Å². The molecule has 10 nitrogen and oxygen atoms in total. The molecule has 1 amide bonds. The molecule has 0 aliphatic carbocycles. The number of guanidine groups is 1. The Labute approximate surface area is 160 Å². The van der Waals surface area contributed by atoms with E-state index >= 15 is 0 Å². The van der Waals surface area contributed by atoms with Gasteiger partial charge in [0.25, 0.3) is 0 Å². The maximum atomic E-state index is 12.5. The Morgan fingerprint density at radius 2 is 2.04 bits per heavy atom. The monoisotopic (exact) mass is 400 g/mol. The van der Waals surface area contributed by atoms with Crippen LogP contribution in [-0.4, -0.2) is 80.5 Å². The zero-order chi connectivity index (χ0) is 19.9. The molecule has 2 heterocycles. The minimum Gasteiger partial charge on any atom is -0.364 e. The van der Waals surface area contributed by atoms with Crippen molar-refractivity contribution in [2.75, 3.05) is 39.8 Å². The second-order valence-corrected chi connectivity index (χ2v) is 8.55. The summed E-state index contributed by atoms with van der Waals surface area (Å²) >= 11 is 0. The van der Waals surface area contributed by atoms with Gasteiger partial charge in [0, 0.05) is 58.3 Å². The van der Waals surface area contributed by atoms with Gasteiger partial charge in [-0.25, -0.2) is 8.42 Å². The summed E-state index contributed by atoms with van der Waals surface area (Å²) in [6.45, 7) is 6.09. The molecular formula is C16H28N6O4S. The molecule has 1 aromatic heterocycles. The van der Waals surface area contributed by atoms with Crippen molar-refractivity contribution in [3.05, 3.63) is 18.0 Å². The molecule has 2 N–H and O–H groups in total. The van der Waals surface area contributed by atoms with Crippen molar-refractivity contribution in [2.45, 2.75) is 32.1 Å². The highest BCUT2D eigenvalue weighted by Gasteiger charge is 2.28. The highest BCUT2D eigenvalue weighted by Crippen LogP contribution is 2.12. The normalized spacial score (nSPS) is 16.6. The maximum Gasteiger partial charge on any atom is 0.221 e. The molecular weight excluding hydrogens is 372 g/mol. The second-order valence-electron chi connectivity index (χ2n) is 6.58. The first-order chi connectivity index (χ1) is 12.8. The van der Waals surface area contributed by atoms with E-state index in [0.29, 0.717) is 50.8 Å². The van der Waals surface area contributed by atoms with Crippen LogP contribution in [0.4, 0.5) is 0 Å². The number of amides is 1. The lowest BCUT2D eigenvalue weighted by molar-refractivity contribution is -0.121. The summed E-state index contributed by atoms with van der Waals surface area (Å²) in [6.07, 6.45) is 1.71. The molecule has 1 aromatic rings. The van der Waals surface area contributed by atoms with Crippen molar-refractivity contribution in [2.24, 2.45) is 4.99 Å². The van der Waals surface area contributed by atoms with Crippen LogP contribution in [0.5, 0.6) is 0 Å². The highest BCUT2D eigenvalue weighted by atomic mass is 32.2. The largest absolute Gasteiger partial charge is 0.364 e. The SMILES string of the molecule is CN=C(NCCC(=O)NC(C)C)N1CCN(S(=O)(=O)Cc2ccon2)CC1. The van der Waals surface area contributed by atoms with Crippen LogP contribution in [0.15, 0.2) is 21.8 Å². The quantitative estimate of drug-likeness (QED) is 0.472. The number of sulfonamides is 1. The maximum absolute atomic E-state index is 12.5. The summed E-state index contributed by atoms with van der Waals surface area (Å²) in [6, 6.07) is 1.67. The van der Waals surface area contributed by atoms with E-state index in [0.717, 1.165) is 0 Å². The third-order valence-electron chi connectivity index (χ3n) is 4.05. The Bertz CT molecular complexity index is 724. The predicted octanol–water partition coefficient (Wildman–Crippen LogP) is -0.388. The van der Waals surface area contributed by atoms with Crippen LogP contribution in [-0.2, 0) is 20.6 Å². The first-order valence-electron chi connectivity index (χ1n) is 8.94. The molecule has 0 spiro atoms. The van der Waals surface area contributed by atoms with Gasteiger partial charge in [-0.05, 0) is 13.8 Å². The Morgan fingerprint density at radius 1 is 1.33 bits per heavy atom. The summed E-state index contributed by atoms with van der Waals surface area (Å²) in [4.78, 5) is 17.9. The van der Waals surface area contributed by atoms with E-state index in [1.165, 1.54) is 10.6 Å². The third-order valence-corrected chi connectivity index (χ3v) is 5.86. The molecule has 0 saturated carbocycles. The van der Waals surface area contributed by atoms with E-state index in [1.807, 2.05) is 18.7 Å². The van der Waals surface area contributed by atoms with Gasteiger partial charge in [-0.1, -0.05) is 5.16 Å². The van der Waals surface area contributed by atoms with Gasteiger partial charge in [0.15, 0.2) is 5.96 Å². The van der Waals surface area contributed by atoms with Gasteiger partial charge in [-0.2, -0.15) is 4.31 Å². The van der Waals surface area contributed by atoms with Crippen LogP contribution >= 0.6 is 0 Å². The second kappa shape index (κ2) is 9.70. The van der Waals surface area contributed by atoms with Crippen LogP contribution in [0.25, 0.3) is 0 Å².